The van der Waals surface area contributed by atoms with Crippen LogP contribution in [0.4, 0.5) is 4.79 Å². The lowest BCUT2D eigenvalue weighted by Gasteiger charge is -2.17. The molecule has 2 amide bonds. The molecule has 0 heterocycles. The Bertz CT molecular complexity index is 408. The minimum Gasteiger partial charge on any atom is -0.338 e. The molecule has 1 rings (SSSR count). The highest BCUT2D eigenvalue weighted by Crippen LogP contribution is 2.15. The monoisotopic (exact) mass is 341 g/mol. The summed E-state index contributed by atoms with van der Waals surface area (Å²) in [5, 5.41) is 5.75. The molecule has 0 bridgehead atoms. The number of nitrogens with zero attached hydrogens (tertiary/aromatic N) is 1. The van der Waals surface area contributed by atoms with Crippen molar-refractivity contribution in [3.63, 3.8) is 0 Å². The molecule has 0 spiro atoms. The van der Waals surface area contributed by atoms with Crippen LogP contribution in [-0.2, 0) is 6.54 Å². The van der Waals surface area contributed by atoms with E-state index in [0.29, 0.717) is 13.1 Å². The van der Waals surface area contributed by atoms with E-state index >= 15 is 0 Å². The molecule has 0 atom stereocenters. The summed E-state index contributed by atoms with van der Waals surface area (Å²) in [6.07, 6.45) is 0.976. The summed E-state index contributed by atoms with van der Waals surface area (Å²) >= 11 is 3.46. The number of carbonyl (C=O) groups is 1. The molecule has 0 saturated heterocycles. The minimum atomic E-state index is -0.111. The number of urea groups is 1. The highest BCUT2D eigenvalue weighted by Gasteiger charge is 2.03. The van der Waals surface area contributed by atoms with Gasteiger partial charge in [0, 0.05) is 17.6 Å². The second-order valence-corrected chi connectivity index (χ2v) is 5.44. The Kier molecular flexibility index (Phi) is 8.30. The van der Waals surface area contributed by atoms with Crippen LogP contribution >= 0.6 is 15.9 Å². The summed E-state index contributed by atoms with van der Waals surface area (Å²) in [4.78, 5) is 14.0. The highest BCUT2D eigenvalue weighted by atomic mass is 79.9. The fourth-order valence-electron chi connectivity index (χ4n) is 1.92. The van der Waals surface area contributed by atoms with Gasteiger partial charge in [-0.3, -0.25) is 0 Å². The van der Waals surface area contributed by atoms with Gasteiger partial charge in [-0.05, 0) is 37.7 Å². The minimum absolute atomic E-state index is 0.111. The molecule has 0 saturated carbocycles. The van der Waals surface area contributed by atoms with Crippen LogP contribution in [0.5, 0.6) is 0 Å². The first-order valence-corrected chi connectivity index (χ1v) is 7.94. The van der Waals surface area contributed by atoms with Crippen LogP contribution in [0.1, 0.15) is 25.8 Å². The van der Waals surface area contributed by atoms with Gasteiger partial charge >= 0.3 is 6.03 Å². The molecule has 0 aliphatic rings. The largest absolute Gasteiger partial charge is 0.338 e. The van der Waals surface area contributed by atoms with E-state index in [4.69, 9.17) is 0 Å². The van der Waals surface area contributed by atoms with E-state index in [-0.39, 0.29) is 6.03 Å². The number of rotatable bonds is 8. The van der Waals surface area contributed by atoms with Crippen molar-refractivity contribution in [2.24, 2.45) is 0 Å². The molecular formula is C15H24BrN3O. The highest BCUT2D eigenvalue weighted by molar-refractivity contribution is 9.10. The molecule has 2 N–H and O–H groups in total. The summed E-state index contributed by atoms with van der Waals surface area (Å²) in [5.41, 5.74) is 1.07. The first-order chi connectivity index (χ1) is 9.67. The summed E-state index contributed by atoms with van der Waals surface area (Å²) in [6, 6.07) is 7.77. The Morgan fingerprint density at radius 1 is 1.20 bits per heavy atom. The second-order valence-electron chi connectivity index (χ2n) is 4.58. The van der Waals surface area contributed by atoms with Crippen molar-refractivity contribution in [2.45, 2.75) is 26.8 Å². The van der Waals surface area contributed by atoms with Crippen LogP contribution in [0.15, 0.2) is 28.7 Å². The van der Waals surface area contributed by atoms with Gasteiger partial charge in [0.15, 0.2) is 0 Å². The molecule has 0 radical (unpaired) electrons. The molecule has 0 aliphatic carbocycles. The van der Waals surface area contributed by atoms with Crippen LogP contribution in [0.25, 0.3) is 0 Å². The number of amides is 2. The van der Waals surface area contributed by atoms with E-state index < -0.39 is 0 Å². The molecule has 0 aliphatic heterocycles. The normalized spacial score (nSPS) is 10.6. The van der Waals surface area contributed by atoms with Crippen molar-refractivity contribution >= 4 is 22.0 Å². The van der Waals surface area contributed by atoms with Gasteiger partial charge in [-0.15, -0.1) is 0 Å². The number of nitrogens with one attached hydrogen (secondary N) is 2. The number of carbonyl (C=O) groups excluding carboxylic acids is 1. The van der Waals surface area contributed by atoms with Crippen molar-refractivity contribution in [1.82, 2.24) is 15.5 Å². The SMILES string of the molecule is CCN(CC)CCCNC(=O)NCc1ccccc1Br. The van der Waals surface area contributed by atoms with Gasteiger partial charge in [0.1, 0.15) is 0 Å². The van der Waals surface area contributed by atoms with Gasteiger partial charge in [0.25, 0.3) is 0 Å². The number of hydrogen-bond acceptors (Lipinski definition) is 2. The van der Waals surface area contributed by atoms with Crippen LogP contribution in [0.2, 0.25) is 0 Å². The van der Waals surface area contributed by atoms with Gasteiger partial charge in [0.2, 0.25) is 0 Å². The Morgan fingerprint density at radius 2 is 1.90 bits per heavy atom. The summed E-state index contributed by atoms with van der Waals surface area (Å²) in [7, 11) is 0. The van der Waals surface area contributed by atoms with E-state index in [9.17, 15) is 4.79 Å². The Labute approximate surface area is 130 Å². The predicted molar refractivity (Wildman–Crippen MR) is 86.8 cm³/mol. The predicted octanol–water partition coefficient (Wildman–Crippen LogP) is 2.98. The van der Waals surface area contributed by atoms with Crippen LogP contribution in [-0.4, -0.2) is 37.1 Å². The fraction of sp³-hybridized carbons (Fsp3) is 0.533. The van der Waals surface area contributed by atoms with E-state index in [1.807, 2.05) is 24.3 Å². The van der Waals surface area contributed by atoms with E-state index in [2.05, 4.69) is 45.3 Å². The lowest BCUT2D eigenvalue weighted by atomic mass is 10.2. The van der Waals surface area contributed by atoms with E-state index in [1.54, 1.807) is 0 Å². The molecule has 0 unspecified atom stereocenters. The van der Waals surface area contributed by atoms with Gasteiger partial charge in [-0.25, -0.2) is 4.79 Å². The first kappa shape index (κ1) is 17.0. The zero-order valence-corrected chi connectivity index (χ0v) is 13.9. The molecule has 0 aromatic heterocycles. The molecule has 1 aromatic carbocycles. The summed E-state index contributed by atoms with van der Waals surface area (Å²) in [6.45, 7) is 8.69. The summed E-state index contributed by atoms with van der Waals surface area (Å²) < 4.78 is 1.02. The third kappa shape index (κ3) is 6.39. The average molecular weight is 342 g/mol. The zero-order chi connectivity index (χ0) is 14.8. The van der Waals surface area contributed by atoms with Crippen LogP contribution < -0.4 is 10.6 Å². The third-order valence-electron chi connectivity index (χ3n) is 3.23. The number of benzene rings is 1. The van der Waals surface area contributed by atoms with Gasteiger partial charge in [0.05, 0.1) is 0 Å². The van der Waals surface area contributed by atoms with Crippen molar-refractivity contribution in [1.29, 1.82) is 0 Å². The molecule has 0 fully saturated rings. The van der Waals surface area contributed by atoms with Crippen molar-refractivity contribution in [3.05, 3.63) is 34.3 Å². The fourth-order valence-corrected chi connectivity index (χ4v) is 2.35. The van der Waals surface area contributed by atoms with Gasteiger partial charge in [-0.2, -0.15) is 0 Å². The topological polar surface area (TPSA) is 44.4 Å². The van der Waals surface area contributed by atoms with Crippen molar-refractivity contribution < 1.29 is 4.79 Å². The maximum Gasteiger partial charge on any atom is 0.315 e. The lowest BCUT2D eigenvalue weighted by molar-refractivity contribution is 0.239. The van der Waals surface area contributed by atoms with Crippen molar-refractivity contribution in [3.8, 4) is 0 Å². The van der Waals surface area contributed by atoms with Crippen LogP contribution in [0, 0.1) is 0 Å². The molecule has 5 heteroatoms. The maximum atomic E-state index is 11.7. The first-order valence-electron chi connectivity index (χ1n) is 7.14. The zero-order valence-electron chi connectivity index (χ0n) is 12.3. The third-order valence-corrected chi connectivity index (χ3v) is 4.00. The molecule has 1 aromatic rings. The number of halogens is 1. The smallest absolute Gasteiger partial charge is 0.315 e. The van der Waals surface area contributed by atoms with Gasteiger partial charge < -0.3 is 15.5 Å². The van der Waals surface area contributed by atoms with E-state index in [0.717, 1.165) is 36.1 Å². The Balaban J connectivity index is 2.16. The molecule has 4 nitrogen and oxygen atoms in total. The maximum absolute atomic E-state index is 11.7. The standard InChI is InChI=1S/C15H24BrN3O/c1-3-19(4-2)11-7-10-17-15(20)18-12-13-8-5-6-9-14(13)16/h5-6,8-9H,3-4,7,10-12H2,1-2H3,(H2,17,18,20). The second kappa shape index (κ2) is 9.77. The Hall–Kier alpha value is -1.07. The lowest BCUT2D eigenvalue weighted by Crippen LogP contribution is -2.37. The Morgan fingerprint density at radius 3 is 2.55 bits per heavy atom. The summed E-state index contributed by atoms with van der Waals surface area (Å²) in [5.74, 6) is 0. The number of hydrogen-bond donors (Lipinski definition) is 2. The van der Waals surface area contributed by atoms with E-state index in [1.165, 1.54) is 0 Å². The van der Waals surface area contributed by atoms with Crippen LogP contribution in [0.3, 0.4) is 0 Å². The molecule has 112 valence electrons. The van der Waals surface area contributed by atoms with Gasteiger partial charge in [-0.1, -0.05) is 48.0 Å². The molecule has 20 heavy (non-hydrogen) atoms. The van der Waals surface area contributed by atoms with Crippen molar-refractivity contribution in [2.75, 3.05) is 26.2 Å². The average Bonchev–Trinajstić information content (AvgIpc) is 2.46. The molecular weight excluding hydrogens is 318 g/mol. The quantitative estimate of drug-likeness (QED) is 0.714.